The van der Waals surface area contributed by atoms with Crippen molar-refractivity contribution in [2.75, 3.05) is 46.4 Å². The molecule has 1 rings (SSSR count). The highest BCUT2D eigenvalue weighted by Gasteiger charge is 2.16. The van der Waals surface area contributed by atoms with Crippen molar-refractivity contribution in [3.05, 3.63) is 0 Å². The van der Waals surface area contributed by atoms with E-state index >= 15 is 0 Å². The number of rotatable bonds is 7. The molecule has 0 aromatic heterocycles. The quantitative estimate of drug-likeness (QED) is 0.629. The van der Waals surface area contributed by atoms with E-state index in [1.165, 1.54) is 26.1 Å². The standard InChI is InChI=1S/C10H22N2O/c1-3-12(6-7-13-2)5-4-10-8-11-9-10/h10-11H,3-9H2,1-2H3. The van der Waals surface area contributed by atoms with Crippen LogP contribution in [0.1, 0.15) is 13.3 Å². The summed E-state index contributed by atoms with van der Waals surface area (Å²) in [5.74, 6) is 0.927. The Morgan fingerprint density at radius 3 is 2.62 bits per heavy atom. The van der Waals surface area contributed by atoms with Gasteiger partial charge >= 0.3 is 0 Å². The van der Waals surface area contributed by atoms with Crippen molar-refractivity contribution >= 4 is 0 Å². The average Bonchev–Trinajstić information content (AvgIpc) is 2.08. The number of likely N-dealkylation sites (N-methyl/N-ethyl adjacent to an activating group) is 1. The molecule has 0 aliphatic carbocycles. The Morgan fingerprint density at radius 2 is 2.15 bits per heavy atom. The lowest BCUT2D eigenvalue weighted by molar-refractivity contribution is 0.143. The molecule has 1 saturated heterocycles. The van der Waals surface area contributed by atoms with Crippen molar-refractivity contribution in [3.8, 4) is 0 Å². The number of hydrogen-bond donors (Lipinski definition) is 1. The molecule has 13 heavy (non-hydrogen) atoms. The van der Waals surface area contributed by atoms with Crippen LogP contribution in [0.4, 0.5) is 0 Å². The van der Waals surface area contributed by atoms with Gasteiger partial charge in [-0.3, -0.25) is 0 Å². The van der Waals surface area contributed by atoms with Gasteiger partial charge in [-0.1, -0.05) is 6.92 Å². The van der Waals surface area contributed by atoms with E-state index < -0.39 is 0 Å². The van der Waals surface area contributed by atoms with Gasteiger partial charge in [0, 0.05) is 13.7 Å². The predicted octanol–water partition coefficient (Wildman–Crippen LogP) is 0.564. The normalized spacial score (nSPS) is 17.8. The van der Waals surface area contributed by atoms with E-state index in [9.17, 15) is 0 Å². The van der Waals surface area contributed by atoms with Gasteiger partial charge in [0.05, 0.1) is 6.61 Å². The topological polar surface area (TPSA) is 24.5 Å². The first kappa shape index (κ1) is 11.0. The lowest BCUT2D eigenvalue weighted by atomic mass is 9.99. The van der Waals surface area contributed by atoms with Crippen LogP contribution in [0.25, 0.3) is 0 Å². The number of nitrogens with zero attached hydrogens (tertiary/aromatic N) is 1. The Kier molecular flexibility index (Phi) is 5.35. The van der Waals surface area contributed by atoms with Gasteiger partial charge in [-0.25, -0.2) is 0 Å². The van der Waals surface area contributed by atoms with E-state index in [0.29, 0.717) is 0 Å². The molecule has 0 atom stereocenters. The molecule has 0 saturated carbocycles. The van der Waals surface area contributed by atoms with Gasteiger partial charge in [0.15, 0.2) is 0 Å². The molecule has 1 heterocycles. The first-order valence-electron chi connectivity index (χ1n) is 5.28. The van der Waals surface area contributed by atoms with Gasteiger partial charge in [-0.15, -0.1) is 0 Å². The molecule has 0 amide bonds. The van der Waals surface area contributed by atoms with E-state index in [1.54, 1.807) is 7.11 Å². The summed E-state index contributed by atoms with van der Waals surface area (Å²) in [6, 6.07) is 0. The van der Waals surface area contributed by atoms with Crippen LogP contribution in [-0.2, 0) is 4.74 Å². The maximum atomic E-state index is 5.07. The fourth-order valence-electron chi connectivity index (χ4n) is 1.57. The predicted molar refractivity (Wildman–Crippen MR) is 55.0 cm³/mol. The van der Waals surface area contributed by atoms with Crippen molar-refractivity contribution in [2.24, 2.45) is 5.92 Å². The summed E-state index contributed by atoms with van der Waals surface area (Å²) in [5.41, 5.74) is 0. The zero-order chi connectivity index (χ0) is 9.52. The minimum Gasteiger partial charge on any atom is -0.383 e. The van der Waals surface area contributed by atoms with E-state index in [4.69, 9.17) is 4.74 Å². The highest BCUT2D eigenvalue weighted by atomic mass is 16.5. The number of ether oxygens (including phenoxy) is 1. The third kappa shape index (κ3) is 4.07. The highest BCUT2D eigenvalue weighted by molar-refractivity contribution is 4.75. The summed E-state index contributed by atoms with van der Waals surface area (Å²) < 4.78 is 5.07. The van der Waals surface area contributed by atoms with E-state index in [1.807, 2.05) is 0 Å². The van der Waals surface area contributed by atoms with Crippen molar-refractivity contribution < 1.29 is 4.74 Å². The summed E-state index contributed by atoms with van der Waals surface area (Å²) in [6.07, 6.45) is 1.34. The molecule has 1 aliphatic rings. The van der Waals surface area contributed by atoms with E-state index in [-0.39, 0.29) is 0 Å². The molecule has 3 nitrogen and oxygen atoms in total. The fraction of sp³-hybridized carbons (Fsp3) is 1.00. The largest absolute Gasteiger partial charge is 0.383 e. The molecule has 0 unspecified atom stereocenters. The second kappa shape index (κ2) is 6.35. The van der Waals surface area contributed by atoms with Gasteiger partial charge < -0.3 is 15.0 Å². The zero-order valence-electron chi connectivity index (χ0n) is 8.88. The Balaban J connectivity index is 2.00. The average molecular weight is 186 g/mol. The molecule has 0 spiro atoms. The highest BCUT2D eigenvalue weighted by Crippen LogP contribution is 2.08. The molecule has 1 N–H and O–H groups in total. The van der Waals surface area contributed by atoms with Crippen LogP contribution in [0.15, 0.2) is 0 Å². The molecule has 0 radical (unpaired) electrons. The van der Waals surface area contributed by atoms with Crippen LogP contribution < -0.4 is 5.32 Å². The van der Waals surface area contributed by atoms with Crippen molar-refractivity contribution in [1.82, 2.24) is 10.2 Å². The molecule has 78 valence electrons. The van der Waals surface area contributed by atoms with Crippen LogP contribution in [0.2, 0.25) is 0 Å². The molecule has 1 aliphatic heterocycles. The summed E-state index contributed by atoms with van der Waals surface area (Å²) in [5, 5.41) is 3.30. The lowest BCUT2D eigenvalue weighted by Gasteiger charge is -2.29. The van der Waals surface area contributed by atoms with Gasteiger partial charge in [0.2, 0.25) is 0 Å². The van der Waals surface area contributed by atoms with Gasteiger partial charge in [-0.2, -0.15) is 0 Å². The van der Waals surface area contributed by atoms with Crippen molar-refractivity contribution in [1.29, 1.82) is 0 Å². The Bertz CT molecular complexity index is 126. The van der Waals surface area contributed by atoms with Crippen molar-refractivity contribution in [2.45, 2.75) is 13.3 Å². The fourth-order valence-corrected chi connectivity index (χ4v) is 1.57. The summed E-state index contributed by atoms with van der Waals surface area (Å²) >= 11 is 0. The number of nitrogens with one attached hydrogen (secondary N) is 1. The van der Waals surface area contributed by atoms with Gasteiger partial charge in [0.25, 0.3) is 0 Å². The molecular formula is C10H22N2O. The monoisotopic (exact) mass is 186 g/mol. The van der Waals surface area contributed by atoms with Crippen LogP contribution in [0.3, 0.4) is 0 Å². The maximum Gasteiger partial charge on any atom is 0.0589 e. The second-order valence-electron chi connectivity index (χ2n) is 3.74. The van der Waals surface area contributed by atoms with Crippen LogP contribution in [0.5, 0.6) is 0 Å². The van der Waals surface area contributed by atoms with Crippen molar-refractivity contribution in [3.63, 3.8) is 0 Å². The number of hydrogen-bond acceptors (Lipinski definition) is 3. The van der Waals surface area contributed by atoms with Crippen LogP contribution >= 0.6 is 0 Å². The molecule has 0 aromatic carbocycles. The Morgan fingerprint density at radius 1 is 1.38 bits per heavy atom. The minimum absolute atomic E-state index is 0.858. The third-order valence-corrected chi connectivity index (χ3v) is 2.78. The van der Waals surface area contributed by atoms with Gasteiger partial charge in [-0.05, 0) is 38.5 Å². The lowest BCUT2D eigenvalue weighted by Crippen LogP contribution is -2.43. The van der Waals surface area contributed by atoms with E-state index in [0.717, 1.165) is 25.6 Å². The molecule has 0 bridgehead atoms. The molecular weight excluding hydrogens is 164 g/mol. The third-order valence-electron chi connectivity index (χ3n) is 2.78. The Hall–Kier alpha value is -0.120. The first-order valence-corrected chi connectivity index (χ1v) is 5.28. The number of methoxy groups -OCH3 is 1. The van der Waals surface area contributed by atoms with Crippen LogP contribution in [-0.4, -0.2) is 51.3 Å². The zero-order valence-corrected chi connectivity index (χ0v) is 8.88. The van der Waals surface area contributed by atoms with E-state index in [2.05, 4.69) is 17.1 Å². The molecule has 3 heteroatoms. The smallest absolute Gasteiger partial charge is 0.0589 e. The van der Waals surface area contributed by atoms with Gasteiger partial charge in [0.1, 0.15) is 0 Å². The summed E-state index contributed by atoms with van der Waals surface area (Å²) in [7, 11) is 1.77. The summed E-state index contributed by atoms with van der Waals surface area (Å²) in [4.78, 5) is 2.46. The van der Waals surface area contributed by atoms with Crippen LogP contribution in [0, 0.1) is 5.92 Å². The first-order chi connectivity index (χ1) is 6.36. The minimum atomic E-state index is 0.858. The Labute approximate surface area is 81.4 Å². The maximum absolute atomic E-state index is 5.07. The second-order valence-corrected chi connectivity index (χ2v) is 3.74. The molecule has 0 aromatic rings. The SMILES string of the molecule is CCN(CCOC)CCC1CNC1. The molecule has 1 fully saturated rings. The summed E-state index contributed by atoms with van der Waals surface area (Å²) in [6.45, 7) is 8.97.